The summed E-state index contributed by atoms with van der Waals surface area (Å²) in [6, 6.07) is 54.3. The van der Waals surface area contributed by atoms with Crippen molar-refractivity contribution in [2.24, 2.45) is 0 Å². The van der Waals surface area contributed by atoms with Gasteiger partial charge in [-0.05, 0) is 162 Å². The van der Waals surface area contributed by atoms with E-state index in [0.717, 1.165) is 45.8 Å². The van der Waals surface area contributed by atoms with Crippen molar-refractivity contribution < 1.29 is 56.6 Å². The zero-order chi connectivity index (χ0) is 66.7. The van der Waals surface area contributed by atoms with E-state index < -0.39 is 17.6 Å². The molecule has 476 valence electrons. The van der Waals surface area contributed by atoms with Crippen LogP contribution in [0.1, 0.15) is 44.3 Å². The van der Waals surface area contributed by atoms with Gasteiger partial charge in [0.15, 0.2) is 0 Å². The van der Waals surface area contributed by atoms with E-state index in [9.17, 15) is 9.90 Å². The molecule has 8 bridgehead atoms. The molecule has 0 atom stereocenters. The van der Waals surface area contributed by atoms with Crippen molar-refractivity contribution in [2.45, 2.75) is 0 Å². The molecule has 17 heteroatoms. The molecule has 3 N–H and O–H groups in total. The zero-order valence-electron chi connectivity index (χ0n) is 53.3. The molecule has 13 rings (SSSR count). The van der Waals surface area contributed by atoms with Crippen molar-refractivity contribution in [2.75, 3.05) is 61.8 Å². The monoisotopic (exact) mass is 1280 g/mol. The van der Waals surface area contributed by atoms with Crippen molar-refractivity contribution in [3.63, 3.8) is 0 Å². The number of carbonyl (C=O) groups is 1. The minimum absolute atomic E-state index is 0.00474. The molecule has 8 aromatic carbocycles. The van der Waals surface area contributed by atoms with Gasteiger partial charge in [0.25, 0.3) is 0 Å². The van der Waals surface area contributed by atoms with Crippen molar-refractivity contribution >= 4 is 69.4 Å². The van der Waals surface area contributed by atoms with E-state index in [0.29, 0.717) is 124 Å². The van der Waals surface area contributed by atoms with Crippen LogP contribution in [0.25, 0.3) is 102 Å². The average Bonchev–Trinajstić information content (AvgIpc) is 1.56. The molecule has 96 heavy (non-hydrogen) atoms. The van der Waals surface area contributed by atoms with Crippen LogP contribution in [0.2, 0.25) is 0 Å². The number of benzene rings is 8. The lowest BCUT2D eigenvalue weighted by Gasteiger charge is -2.27. The number of aromatic carboxylic acids is 1. The van der Waals surface area contributed by atoms with Crippen LogP contribution in [-0.2, 0) is 0 Å². The molecule has 11 aromatic rings. The maximum Gasteiger partial charge on any atom is 0.335 e. The van der Waals surface area contributed by atoms with E-state index in [2.05, 4.69) is 75.2 Å². The highest BCUT2D eigenvalue weighted by atomic mass is 19.1. The normalized spacial score (nSPS) is 11.4. The summed E-state index contributed by atoms with van der Waals surface area (Å²) >= 11 is 0. The second-order valence-electron chi connectivity index (χ2n) is 22.1. The van der Waals surface area contributed by atoms with Crippen LogP contribution in [0.15, 0.2) is 182 Å². The highest BCUT2D eigenvalue weighted by Crippen LogP contribution is 2.48. The summed E-state index contributed by atoms with van der Waals surface area (Å²) < 4.78 is 80.2. The van der Waals surface area contributed by atoms with Crippen LogP contribution in [0, 0.1) is 23.5 Å². The Morgan fingerprint density at radius 2 is 0.833 bits per heavy atom. The van der Waals surface area contributed by atoms with Crippen LogP contribution >= 0.6 is 0 Å². The number of anilines is 3. The Balaban J connectivity index is 1.12. The summed E-state index contributed by atoms with van der Waals surface area (Å²) in [7, 11) is 12.9. The van der Waals surface area contributed by atoms with Crippen LogP contribution in [-0.4, -0.2) is 87.9 Å². The average molecular weight is 1280 g/mol. The first kappa shape index (κ1) is 62.3. The predicted octanol–water partition coefficient (Wildman–Crippen LogP) is 17.9. The summed E-state index contributed by atoms with van der Waals surface area (Å²) in [6.45, 7) is 0. The van der Waals surface area contributed by atoms with Gasteiger partial charge in [0.1, 0.15) is 57.6 Å². The number of nitrogens with one attached hydrogen (secondary N) is 2. The zero-order valence-corrected chi connectivity index (χ0v) is 53.3. The molecule has 2 aliphatic heterocycles. The molecule has 0 aliphatic carbocycles. The topological polar surface area (TPSA) is 172 Å². The van der Waals surface area contributed by atoms with Gasteiger partial charge in [-0.25, -0.2) is 23.5 Å². The van der Waals surface area contributed by atoms with Crippen molar-refractivity contribution in [3.05, 3.63) is 233 Å². The molecular weight excluding hydrogens is 1220 g/mol. The molecule has 0 fully saturated rings. The minimum atomic E-state index is -1.15. The van der Waals surface area contributed by atoms with Gasteiger partial charge in [0, 0.05) is 62.4 Å². The molecule has 0 saturated heterocycles. The predicted molar refractivity (Wildman–Crippen MR) is 372 cm³/mol. The van der Waals surface area contributed by atoms with E-state index in [1.165, 1.54) is 24.3 Å². The fraction of sp³-hybridized carbons (Fsp3) is 0.101. The molecule has 0 amide bonds. The highest BCUT2D eigenvalue weighted by molar-refractivity contribution is 6.02. The molecule has 0 spiro atoms. The minimum Gasteiger partial charge on any atom is -0.497 e. The van der Waals surface area contributed by atoms with Crippen LogP contribution in [0.5, 0.6) is 46.0 Å². The Morgan fingerprint density at radius 3 is 1.31 bits per heavy atom. The van der Waals surface area contributed by atoms with E-state index >= 15 is 8.78 Å². The number of nitrogens with zero attached hydrogens (tertiary/aromatic N) is 3. The first-order valence-corrected chi connectivity index (χ1v) is 30.2. The van der Waals surface area contributed by atoms with Crippen molar-refractivity contribution in [3.8, 4) is 113 Å². The van der Waals surface area contributed by atoms with E-state index in [4.69, 9.17) is 47.9 Å². The number of aromatic nitrogens is 4. The number of carboxylic acids is 1. The van der Waals surface area contributed by atoms with Crippen LogP contribution in [0.4, 0.5) is 25.8 Å². The van der Waals surface area contributed by atoms with Gasteiger partial charge in [0.05, 0.1) is 124 Å². The third-order valence-corrected chi connectivity index (χ3v) is 16.8. The smallest absolute Gasteiger partial charge is 0.335 e. The summed E-state index contributed by atoms with van der Waals surface area (Å²) in [5.74, 6) is 7.98. The number of hydrogen-bond donors (Lipinski definition) is 3. The number of hydrogen-bond acceptors (Lipinski definition) is 12. The molecular formula is C79H61F2N5O10. The molecule has 0 unspecified atom stereocenters. The summed E-state index contributed by atoms with van der Waals surface area (Å²) in [6.07, 6.45) is 7.60. The number of ether oxygens (including phenoxy) is 8. The maximum absolute atomic E-state index is 16.5. The Kier molecular flexibility index (Phi) is 17.2. The Hall–Kier alpha value is -12.6. The summed E-state index contributed by atoms with van der Waals surface area (Å²) in [5, 5.41) is 9.49. The molecule has 15 nitrogen and oxygen atoms in total. The molecule has 3 aromatic heterocycles. The van der Waals surface area contributed by atoms with Crippen LogP contribution < -0.4 is 42.8 Å². The highest BCUT2D eigenvalue weighted by Gasteiger charge is 2.27. The SMILES string of the molecule is COc1ccc(-c2ccc(N(c3ccc(-c4ccc(OC)cc4OC)cc3)c3c4nc(c(-c5c(OC)cccc5OC)c5ccc([nH]5)c(C#Cc5cc(F)c(-c6ccc(C(=O)O)cc6)cc5F)c5nc(c(-c6c(OC)cccc6OC)c6ccc3[nH]6)C=C5)C=C4)cc2)c(OC)c1. The molecule has 0 saturated carbocycles. The van der Waals surface area contributed by atoms with Crippen molar-refractivity contribution in [1.29, 1.82) is 0 Å². The number of aromatic amines is 2. The summed E-state index contributed by atoms with van der Waals surface area (Å²) in [5.41, 5.74) is 12.5. The van der Waals surface area contributed by atoms with E-state index in [1.54, 1.807) is 56.9 Å². The lowest BCUT2D eigenvalue weighted by Crippen LogP contribution is -2.12. The number of methoxy groups -OCH3 is 8. The first-order valence-electron chi connectivity index (χ1n) is 30.2. The van der Waals surface area contributed by atoms with Crippen LogP contribution in [0.3, 0.4) is 0 Å². The van der Waals surface area contributed by atoms with Crippen molar-refractivity contribution in [1.82, 2.24) is 19.9 Å². The largest absolute Gasteiger partial charge is 0.497 e. The number of fused-ring (bicyclic) bond motifs is 8. The number of rotatable bonds is 17. The van der Waals surface area contributed by atoms with Gasteiger partial charge >= 0.3 is 5.97 Å². The fourth-order valence-corrected chi connectivity index (χ4v) is 12.1. The molecule has 2 aliphatic rings. The third-order valence-electron chi connectivity index (χ3n) is 16.8. The van der Waals surface area contributed by atoms with Gasteiger partial charge in [-0.3, -0.25) is 0 Å². The van der Waals surface area contributed by atoms with Gasteiger partial charge in [-0.2, -0.15) is 0 Å². The van der Waals surface area contributed by atoms with Gasteiger partial charge in [0.2, 0.25) is 0 Å². The number of H-pyrrole nitrogens is 2. The standard InChI is InChI=1S/C79H61F2N5O10/c1-89-52-28-31-54(72(42-52)95-7)45-19-24-50(25-20-45)86(51-26-21-46(22-27-51)55-32-29-53(90-2)43-73(55)96-8)78-66-39-37-64(84-66)74(76-68(91-3)11-9-12-69(76)92-4)62-35-33-60(82-62)56(30-23-49-41-59(81)57(44-58(49)80)47-15-17-48(18-16-47)79(87)88)61-34-36-63(83-61)75(65-38-40-67(78)85-65)77-70(93-5)13-10-14-71(77)94-6/h9-22,24-29,31-44,82,85H,1-8H3,(H,87,88). The third kappa shape index (κ3) is 11.7. The van der Waals surface area contributed by atoms with E-state index in [1.807, 2.05) is 121 Å². The fourth-order valence-electron chi connectivity index (χ4n) is 12.1. The second-order valence-corrected chi connectivity index (χ2v) is 22.1. The Bertz CT molecular complexity index is 4990. The quantitative estimate of drug-likeness (QED) is 0.0736. The van der Waals surface area contributed by atoms with Gasteiger partial charge in [-0.15, -0.1) is 0 Å². The number of halogens is 2. The van der Waals surface area contributed by atoms with Gasteiger partial charge in [-0.1, -0.05) is 60.4 Å². The summed E-state index contributed by atoms with van der Waals surface area (Å²) in [4.78, 5) is 32.3. The van der Waals surface area contributed by atoms with Gasteiger partial charge < -0.3 is 57.9 Å². The lowest BCUT2D eigenvalue weighted by atomic mass is 10.0. The molecule has 5 heterocycles. The maximum atomic E-state index is 16.5. The number of carboxylic acid groups (broad SMARTS) is 1. The van der Waals surface area contributed by atoms with E-state index in [-0.39, 0.29) is 22.3 Å². The Morgan fingerprint density at radius 1 is 0.406 bits per heavy atom. The second kappa shape index (κ2) is 26.6. The first-order chi connectivity index (χ1) is 46.8. The lowest BCUT2D eigenvalue weighted by molar-refractivity contribution is 0.0696. The Labute approximate surface area is 551 Å². The molecule has 0 radical (unpaired) electrons.